The Bertz CT molecular complexity index is 514. The second-order valence-corrected chi connectivity index (χ2v) is 4.07. The summed E-state index contributed by atoms with van der Waals surface area (Å²) in [4.78, 5) is 10.6. The first-order valence-corrected chi connectivity index (χ1v) is 5.54. The van der Waals surface area contributed by atoms with E-state index in [4.69, 9.17) is 0 Å². The third-order valence-corrected chi connectivity index (χ3v) is 2.84. The molecule has 2 aromatic carbocycles. The number of para-hydroxylation sites is 2. The van der Waals surface area contributed by atoms with Crippen LogP contribution in [0.25, 0.3) is 0 Å². The predicted molar refractivity (Wildman–Crippen MR) is 69.3 cm³/mol. The number of nitrogens with one attached hydrogen (secondary N) is 1. The molecule has 0 aliphatic heterocycles. The molecule has 3 nitrogen and oxygen atoms in total. The van der Waals surface area contributed by atoms with Gasteiger partial charge < -0.3 is 5.32 Å². The fourth-order valence-electron chi connectivity index (χ4n) is 1.37. The highest BCUT2D eigenvalue weighted by Crippen LogP contribution is 2.30. The van der Waals surface area contributed by atoms with E-state index in [0.29, 0.717) is 11.4 Å². The van der Waals surface area contributed by atoms with Crippen molar-refractivity contribution in [2.75, 3.05) is 5.32 Å². The third kappa shape index (κ3) is 2.28. The lowest BCUT2D eigenvalue weighted by atomic mass is 10.2. The van der Waals surface area contributed by atoms with E-state index in [1.54, 1.807) is 12.1 Å². The number of hydrogen-bond acceptors (Lipinski definition) is 3. The second-order valence-electron chi connectivity index (χ2n) is 3.21. The van der Waals surface area contributed by atoms with Crippen molar-refractivity contribution < 1.29 is 0 Å². The molecule has 1 N–H and O–H groups in total. The average Bonchev–Trinajstić information content (AvgIpc) is 2.33. The van der Waals surface area contributed by atoms with E-state index in [1.165, 1.54) is 0 Å². The highest BCUT2D eigenvalue weighted by molar-refractivity contribution is 9.10. The van der Waals surface area contributed by atoms with Gasteiger partial charge in [-0.2, -0.15) is 0 Å². The van der Waals surface area contributed by atoms with Gasteiger partial charge in [-0.15, -0.1) is 4.91 Å². The van der Waals surface area contributed by atoms with Crippen LogP contribution in [0.2, 0.25) is 0 Å². The first kappa shape index (κ1) is 10.8. The topological polar surface area (TPSA) is 41.5 Å². The summed E-state index contributed by atoms with van der Waals surface area (Å²) in [5.41, 5.74) is 2.00. The Morgan fingerprint density at radius 2 is 1.56 bits per heavy atom. The number of nitrogens with zero attached hydrogens (tertiary/aromatic N) is 1. The van der Waals surface area contributed by atoms with E-state index in [1.807, 2.05) is 36.4 Å². The van der Waals surface area contributed by atoms with Crippen LogP contribution in [-0.4, -0.2) is 0 Å². The number of halogens is 1. The van der Waals surface area contributed by atoms with Gasteiger partial charge >= 0.3 is 0 Å². The Morgan fingerprint density at radius 3 is 2.25 bits per heavy atom. The van der Waals surface area contributed by atoms with Gasteiger partial charge in [-0.25, -0.2) is 0 Å². The molecule has 0 bridgehead atoms. The van der Waals surface area contributed by atoms with Crippen molar-refractivity contribution in [3.05, 3.63) is 57.9 Å². The van der Waals surface area contributed by atoms with Gasteiger partial charge in [-0.3, -0.25) is 0 Å². The summed E-state index contributed by atoms with van der Waals surface area (Å²) in [6, 6.07) is 14.8. The summed E-state index contributed by atoms with van der Waals surface area (Å²) >= 11 is 3.43. The zero-order chi connectivity index (χ0) is 11.4. The molecule has 0 amide bonds. The summed E-state index contributed by atoms with van der Waals surface area (Å²) in [5, 5.41) is 6.12. The molecular weight excluding hydrogens is 268 g/mol. The Balaban J connectivity index is 2.34. The first-order chi connectivity index (χ1) is 7.81. The number of benzene rings is 2. The van der Waals surface area contributed by atoms with Gasteiger partial charge in [-0.1, -0.05) is 24.3 Å². The van der Waals surface area contributed by atoms with Crippen molar-refractivity contribution >= 4 is 33.0 Å². The Kier molecular flexibility index (Phi) is 3.31. The minimum Gasteiger partial charge on any atom is -0.353 e. The Labute approximate surface area is 102 Å². The molecule has 0 heterocycles. The standard InChI is InChI=1S/C12H9BrN2O/c13-9-5-1-2-6-10(9)14-11-7-3-4-8-12(11)15-16/h1-8,14H. The van der Waals surface area contributed by atoms with Crippen LogP contribution < -0.4 is 5.32 Å². The molecule has 0 fully saturated rings. The maximum atomic E-state index is 10.6. The Hall–Kier alpha value is -1.68. The van der Waals surface area contributed by atoms with Crippen LogP contribution in [0.5, 0.6) is 0 Å². The summed E-state index contributed by atoms with van der Waals surface area (Å²) in [5.74, 6) is 0. The number of hydrogen-bond donors (Lipinski definition) is 1. The molecule has 2 aromatic rings. The molecule has 0 aliphatic rings. The summed E-state index contributed by atoms with van der Waals surface area (Å²) in [6.07, 6.45) is 0. The number of rotatable bonds is 3. The molecule has 0 radical (unpaired) electrons. The van der Waals surface area contributed by atoms with Gasteiger partial charge in [0, 0.05) is 4.47 Å². The molecule has 0 unspecified atom stereocenters. The molecule has 0 aliphatic carbocycles. The fraction of sp³-hybridized carbons (Fsp3) is 0. The molecular formula is C12H9BrN2O. The summed E-state index contributed by atoms with van der Waals surface area (Å²) in [7, 11) is 0. The zero-order valence-corrected chi connectivity index (χ0v) is 9.94. The number of anilines is 2. The van der Waals surface area contributed by atoms with Crippen molar-refractivity contribution in [1.82, 2.24) is 0 Å². The highest BCUT2D eigenvalue weighted by Gasteiger charge is 2.03. The average molecular weight is 277 g/mol. The molecule has 80 valence electrons. The van der Waals surface area contributed by atoms with Gasteiger partial charge in [0.25, 0.3) is 0 Å². The first-order valence-electron chi connectivity index (χ1n) is 4.75. The van der Waals surface area contributed by atoms with E-state index >= 15 is 0 Å². The van der Waals surface area contributed by atoms with Crippen LogP contribution in [0.1, 0.15) is 0 Å². The van der Waals surface area contributed by atoms with Crippen LogP contribution in [0.15, 0.2) is 58.2 Å². The van der Waals surface area contributed by atoms with Crippen molar-refractivity contribution in [1.29, 1.82) is 0 Å². The smallest absolute Gasteiger partial charge is 0.131 e. The van der Waals surface area contributed by atoms with Crippen LogP contribution in [0.3, 0.4) is 0 Å². The van der Waals surface area contributed by atoms with Crippen molar-refractivity contribution in [3.8, 4) is 0 Å². The SMILES string of the molecule is O=Nc1ccccc1Nc1ccccc1Br. The monoisotopic (exact) mass is 276 g/mol. The predicted octanol–water partition coefficient (Wildman–Crippen LogP) is 4.59. The van der Waals surface area contributed by atoms with Crippen LogP contribution in [-0.2, 0) is 0 Å². The van der Waals surface area contributed by atoms with Crippen molar-refractivity contribution in [2.24, 2.45) is 5.18 Å². The Morgan fingerprint density at radius 1 is 0.938 bits per heavy atom. The number of nitroso groups, excluding NO2 is 1. The van der Waals surface area contributed by atoms with Crippen molar-refractivity contribution in [2.45, 2.75) is 0 Å². The lowest BCUT2D eigenvalue weighted by molar-refractivity contribution is 1.45. The third-order valence-electron chi connectivity index (χ3n) is 2.15. The van der Waals surface area contributed by atoms with Gasteiger partial charge in [0.1, 0.15) is 5.69 Å². The fourth-order valence-corrected chi connectivity index (χ4v) is 1.75. The van der Waals surface area contributed by atoms with Crippen LogP contribution in [0, 0.1) is 4.91 Å². The molecule has 16 heavy (non-hydrogen) atoms. The quantitative estimate of drug-likeness (QED) is 0.833. The molecule has 0 spiro atoms. The molecule has 2 rings (SSSR count). The van der Waals surface area contributed by atoms with E-state index in [9.17, 15) is 4.91 Å². The highest BCUT2D eigenvalue weighted by atomic mass is 79.9. The zero-order valence-electron chi connectivity index (χ0n) is 8.35. The van der Waals surface area contributed by atoms with Crippen LogP contribution in [0.4, 0.5) is 17.1 Å². The van der Waals surface area contributed by atoms with Crippen molar-refractivity contribution in [3.63, 3.8) is 0 Å². The van der Waals surface area contributed by atoms with Crippen LogP contribution >= 0.6 is 15.9 Å². The van der Waals surface area contributed by atoms with E-state index in [2.05, 4.69) is 26.4 Å². The van der Waals surface area contributed by atoms with Gasteiger partial charge in [0.05, 0.1) is 11.4 Å². The molecule has 0 atom stereocenters. The van der Waals surface area contributed by atoms with Gasteiger partial charge in [0.2, 0.25) is 0 Å². The van der Waals surface area contributed by atoms with Gasteiger partial charge in [-0.05, 0) is 45.4 Å². The summed E-state index contributed by atoms with van der Waals surface area (Å²) < 4.78 is 0.940. The van der Waals surface area contributed by atoms with E-state index in [0.717, 1.165) is 10.2 Å². The lowest BCUT2D eigenvalue weighted by Crippen LogP contribution is -1.90. The molecule has 0 aromatic heterocycles. The second kappa shape index (κ2) is 4.90. The minimum absolute atomic E-state index is 0.401. The minimum atomic E-state index is 0.401. The molecule has 4 heteroatoms. The van der Waals surface area contributed by atoms with E-state index in [-0.39, 0.29) is 0 Å². The molecule has 0 saturated heterocycles. The molecule has 0 saturated carbocycles. The summed E-state index contributed by atoms with van der Waals surface area (Å²) in [6.45, 7) is 0. The van der Waals surface area contributed by atoms with E-state index < -0.39 is 0 Å². The maximum absolute atomic E-state index is 10.6. The normalized spacial score (nSPS) is 9.81. The maximum Gasteiger partial charge on any atom is 0.131 e. The lowest BCUT2D eigenvalue weighted by Gasteiger charge is -2.09. The largest absolute Gasteiger partial charge is 0.353 e. The van der Waals surface area contributed by atoms with Gasteiger partial charge in [0.15, 0.2) is 0 Å².